The van der Waals surface area contributed by atoms with E-state index in [-0.39, 0.29) is 25.7 Å². The van der Waals surface area contributed by atoms with Crippen LogP contribution >= 0.6 is 15.6 Å². The average molecular weight is 1510 g/mol. The molecule has 0 aromatic rings. The molecule has 0 aromatic carbocycles. The Balaban J connectivity index is 5.24. The van der Waals surface area contributed by atoms with Gasteiger partial charge in [0.25, 0.3) is 0 Å². The van der Waals surface area contributed by atoms with Gasteiger partial charge in [-0.15, -0.1) is 0 Å². The van der Waals surface area contributed by atoms with Crippen LogP contribution in [0.4, 0.5) is 0 Å². The second-order valence-corrected chi connectivity index (χ2v) is 34.1. The van der Waals surface area contributed by atoms with Gasteiger partial charge in [0, 0.05) is 25.7 Å². The van der Waals surface area contributed by atoms with Crippen molar-refractivity contribution in [1.82, 2.24) is 0 Å². The molecule has 19 heteroatoms. The Morgan fingerprint density at radius 1 is 0.262 bits per heavy atom. The molecule has 0 amide bonds. The lowest BCUT2D eigenvalue weighted by molar-refractivity contribution is -0.161. The maximum atomic E-state index is 13.1. The van der Waals surface area contributed by atoms with Crippen molar-refractivity contribution in [3.05, 3.63) is 0 Å². The molecule has 612 valence electrons. The zero-order chi connectivity index (χ0) is 75.6. The number of carbonyl (C=O) groups is 4. The molecule has 5 atom stereocenters. The Bertz CT molecular complexity index is 1980. The maximum Gasteiger partial charge on any atom is 0.472 e. The van der Waals surface area contributed by atoms with E-state index in [0.717, 1.165) is 102 Å². The van der Waals surface area contributed by atoms with Gasteiger partial charge in [0.05, 0.1) is 26.4 Å². The van der Waals surface area contributed by atoms with E-state index < -0.39 is 97.5 Å². The van der Waals surface area contributed by atoms with Gasteiger partial charge in [0.2, 0.25) is 0 Å². The average Bonchev–Trinajstić information content (AvgIpc) is 0.917. The van der Waals surface area contributed by atoms with Crippen molar-refractivity contribution in [2.45, 2.75) is 464 Å². The van der Waals surface area contributed by atoms with E-state index in [0.29, 0.717) is 25.7 Å². The van der Waals surface area contributed by atoms with Crippen LogP contribution < -0.4 is 0 Å². The van der Waals surface area contributed by atoms with Crippen molar-refractivity contribution in [3.63, 3.8) is 0 Å². The highest BCUT2D eigenvalue weighted by Crippen LogP contribution is 2.45. The lowest BCUT2D eigenvalue weighted by Gasteiger charge is -2.21. The molecule has 2 unspecified atom stereocenters. The number of carbonyl (C=O) groups excluding carboxylic acids is 4. The number of aliphatic hydroxyl groups excluding tert-OH is 1. The number of hydrogen-bond donors (Lipinski definition) is 3. The van der Waals surface area contributed by atoms with Gasteiger partial charge in [-0.1, -0.05) is 395 Å². The van der Waals surface area contributed by atoms with Crippen molar-refractivity contribution in [1.29, 1.82) is 0 Å². The molecule has 0 radical (unpaired) electrons. The normalized spacial score (nSPS) is 13.9. The van der Waals surface area contributed by atoms with Crippen LogP contribution in [0.3, 0.4) is 0 Å². The van der Waals surface area contributed by atoms with E-state index in [9.17, 15) is 43.2 Å². The van der Waals surface area contributed by atoms with Crippen LogP contribution in [0.5, 0.6) is 0 Å². The third-order valence-corrected chi connectivity index (χ3v) is 21.6. The van der Waals surface area contributed by atoms with Crippen LogP contribution in [0.1, 0.15) is 446 Å². The number of ether oxygens (including phenoxy) is 4. The van der Waals surface area contributed by atoms with Crippen LogP contribution in [0.15, 0.2) is 0 Å². The predicted octanol–water partition coefficient (Wildman–Crippen LogP) is 25.5. The predicted molar refractivity (Wildman–Crippen MR) is 423 cm³/mol. The lowest BCUT2D eigenvalue weighted by Crippen LogP contribution is -2.30. The SMILES string of the molecule is CCCCCCCCCCCCCCCCC(=O)O[C@H](COC(=O)CCCCCCCCCCCCCC)COP(=O)(O)OC[C@H](O)COP(=O)(O)OC[C@@H](COC(=O)CCCCCCCCCCCCCCCC(C)C)OC(=O)CCCCCCCCCCCCCCCCCCCCC(C)C. The molecule has 17 nitrogen and oxygen atoms in total. The lowest BCUT2D eigenvalue weighted by atomic mass is 10.0. The first kappa shape index (κ1) is 101. The summed E-state index contributed by atoms with van der Waals surface area (Å²) in [7, 11) is -9.92. The smallest absolute Gasteiger partial charge is 0.462 e. The van der Waals surface area contributed by atoms with E-state index >= 15 is 0 Å². The summed E-state index contributed by atoms with van der Waals surface area (Å²) in [6.07, 6.45) is 66.5. The zero-order valence-electron chi connectivity index (χ0n) is 67.6. The monoisotopic (exact) mass is 1510 g/mol. The molecule has 0 fully saturated rings. The molecule has 0 spiro atoms. The minimum atomic E-state index is -4.96. The largest absolute Gasteiger partial charge is 0.472 e. The third-order valence-electron chi connectivity index (χ3n) is 19.7. The maximum absolute atomic E-state index is 13.1. The fraction of sp³-hybridized carbons (Fsp3) is 0.952. The molecular formula is C84H164O17P2. The van der Waals surface area contributed by atoms with Crippen LogP contribution in [0.25, 0.3) is 0 Å². The second-order valence-electron chi connectivity index (χ2n) is 31.2. The van der Waals surface area contributed by atoms with Crippen molar-refractivity contribution in [2.75, 3.05) is 39.6 Å². The second kappa shape index (κ2) is 75.5. The first-order valence-corrected chi connectivity index (χ1v) is 46.5. The van der Waals surface area contributed by atoms with E-state index in [1.165, 1.54) is 263 Å². The molecule has 0 aliphatic rings. The summed E-state index contributed by atoms with van der Waals surface area (Å²) in [5.41, 5.74) is 0. The van der Waals surface area contributed by atoms with Crippen LogP contribution in [0.2, 0.25) is 0 Å². The summed E-state index contributed by atoms with van der Waals surface area (Å²) in [5.74, 6) is -0.490. The minimum Gasteiger partial charge on any atom is -0.462 e. The van der Waals surface area contributed by atoms with E-state index in [1.54, 1.807) is 0 Å². The number of esters is 4. The van der Waals surface area contributed by atoms with E-state index in [4.69, 9.17) is 37.0 Å². The topological polar surface area (TPSA) is 237 Å². The Labute approximate surface area is 632 Å². The van der Waals surface area contributed by atoms with Crippen LogP contribution in [0, 0.1) is 11.8 Å². The van der Waals surface area contributed by atoms with Gasteiger partial charge in [-0.3, -0.25) is 37.3 Å². The Morgan fingerprint density at radius 3 is 0.660 bits per heavy atom. The Morgan fingerprint density at radius 2 is 0.447 bits per heavy atom. The summed E-state index contributed by atoms with van der Waals surface area (Å²) in [4.78, 5) is 73.2. The number of unbranched alkanes of at least 4 members (excludes halogenated alkanes) is 53. The molecule has 0 saturated heterocycles. The van der Waals surface area contributed by atoms with Crippen LogP contribution in [-0.2, 0) is 65.4 Å². The fourth-order valence-electron chi connectivity index (χ4n) is 13.1. The molecular weight excluding hydrogens is 1340 g/mol. The van der Waals surface area contributed by atoms with Crippen molar-refractivity contribution >= 4 is 39.5 Å². The number of phosphoric ester groups is 2. The number of phosphoric acid groups is 2. The highest BCUT2D eigenvalue weighted by atomic mass is 31.2. The summed E-state index contributed by atoms with van der Waals surface area (Å²) >= 11 is 0. The minimum absolute atomic E-state index is 0.108. The number of aliphatic hydroxyl groups is 1. The van der Waals surface area contributed by atoms with Gasteiger partial charge < -0.3 is 33.8 Å². The number of hydrogen-bond acceptors (Lipinski definition) is 15. The Kier molecular flexibility index (Phi) is 74.1. The van der Waals surface area contributed by atoms with Gasteiger partial charge in [0.1, 0.15) is 19.3 Å². The van der Waals surface area contributed by atoms with Crippen molar-refractivity contribution in [2.24, 2.45) is 11.8 Å². The molecule has 0 rings (SSSR count). The highest BCUT2D eigenvalue weighted by Gasteiger charge is 2.30. The van der Waals surface area contributed by atoms with E-state index in [1.807, 2.05) is 0 Å². The van der Waals surface area contributed by atoms with Crippen LogP contribution in [-0.4, -0.2) is 96.7 Å². The molecule has 0 aliphatic carbocycles. The van der Waals surface area contributed by atoms with E-state index in [2.05, 4.69) is 41.5 Å². The quantitative estimate of drug-likeness (QED) is 0.0222. The fourth-order valence-corrected chi connectivity index (χ4v) is 14.6. The van der Waals surface area contributed by atoms with Crippen molar-refractivity contribution < 1.29 is 80.2 Å². The van der Waals surface area contributed by atoms with Crippen molar-refractivity contribution in [3.8, 4) is 0 Å². The molecule has 0 aromatic heterocycles. The number of rotatable bonds is 83. The summed E-state index contributed by atoms with van der Waals surface area (Å²) < 4.78 is 68.8. The molecule has 103 heavy (non-hydrogen) atoms. The molecule has 3 N–H and O–H groups in total. The van der Waals surface area contributed by atoms with Gasteiger partial charge >= 0.3 is 39.5 Å². The Hall–Kier alpha value is -1.94. The molecule has 0 heterocycles. The standard InChI is InChI=1S/C84H164O17P2/c1-7-9-11-13-15-17-19-21-31-38-44-50-56-62-68-83(88)100-79(72-94-81(86)66-60-54-48-42-36-20-18-16-14-12-10-8-2)74-98-102(90,91)96-70-78(85)71-97-103(92,93)99-75-80(73-95-82(87)67-61-55-49-43-37-33-28-30-35-41-47-53-59-65-77(5)6)101-84(89)69-63-57-51-45-39-32-27-25-23-22-24-26-29-34-40-46-52-58-64-76(3)4/h76-80,85H,7-75H2,1-6H3,(H,90,91)(H,92,93)/t78-,79+,80+/m0/s1. The molecule has 0 saturated carbocycles. The highest BCUT2D eigenvalue weighted by molar-refractivity contribution is 7.47. The molecule has 0 bridgehead atoms. The summed E-state index contributed by atoms with van der Waals surface area (Å²) in [6.45, 7) is 9.72. The zero-order valence-corrected chi connectivity index (χ0v) is 69.4. The summed E-state index contributed by atoms with van der Waals surface area (Å²) in [6, 6.07) is 0. The van der Waals surface area contributed by atoms with Gasteiger partial charge in [-0.2, -0.15) is 0 Å². The van der Waals surface area contributed by atoms with Gasteiger partial charge in [-0.05, 0) is 37.5 Å². The first-order valence-electron chi connectivity index (χ1n) is 43.5. The van der Waals surface area contributed by atoms with Gasteiger partial charge in [-0.25, -0.2) is 9.13 Å². The van der Waals surface area contributed by atoms with Gasteiger partial charge in [0.15, 0.2) is 12.2 Å². The molecule has 0 aliphatic heterocycles. The summed E-state index contributed by atoms with van der Waals surface area (Å²) in [5, 5.41) is 10.7. The third kappa shape index (κ3) is 78.0. The first-order chi connectivity index (χ1) is 49.9.